The largest absolute Gasteiger partial charge is 0.505 e. The molecule has 0 unspecified atom stereocenters. The molecule has 1 rings (SSSR count). The molecular weight excluding hydrogens is 229 g/mol. The van der Waals surface area contributed by atoms with E-state index in [9.17, 15) is 4.39 Å². The molecule has 0 aliphatic carbocycles. The molecule has 0 fully saturated rings. The zero-order valence-corrected chi connectivity index (χ0v) is 10.4. The van der Waals surface area contributed by atoms with Gasteiger partial charge in [-0.3, -0.25) is 0 Å². The summed E-state index contributed by atoms with van der Waals surface area (Å²) in [7, 11) is 0. The fourth-order valence-electron chi connectivity index (χ4n) is 1.43. The number of phenolic OH excluding ortho intramolecular Hbond substituents is 1. The van der Waals surface area contributed by atoms with Gasteiger partial charge in [-0.05, 0) is 36.5 Å². The fraction of sp³-hybridized carbons (Fsp3) is 0.500. The Morgan fingerprint density at radius 2 is 1.94 bits per heavy atom. The van der Waals surface area contributed by atoms with Gasteiger partial charge in [-0.25, -0.2) is 4.39 Å². The van der Waals surface area contributed by atoms with E-state index in [1.165, 1.54) is 12.1 Å². The van der Waals surface area contributed by atoms with Gasteiger partial charge in [0.15, 0.2) is 11.6 Å². The molecule has 16 heavy (non-hydrogen) atoms. The van der Waals surface area contributed by atoms with E-state index in [1.54, 1.807) is 6.07 Å². The van der Waals surface area contributed by atoms with Crippen LogP contribution in [-0.4, -0.2) is 5.11 Å². The Bertz CT molecular complexity index is 331. The van der Waals surface area contributed by atoms with Gasteiger partial charge in [-0.2, -0.15) is 0 Å². The van der Waals surface area contributed by atoms with Crippen LogP contribution in [0.4, 0.5) is 4.39 Å². The number of nitrogens with two attached hydrogens (primary N) is 1. The smallest absolute Gasteiger partial charge is 0.165 e. The molecule has 0 saturated heterocycles. The molecule has 0 radical (unpaired) electrons. The molecule has 0 aromatic heterocycles. The Balaban J connectivity index is 0.00000225. The van der Waals surface area contributed by atoms with Crippen molar-refractivity contribution in [3.8, 4) is 5.75 Å². The van der Waals surface area contributed by atoms with E-state index in [4.69, 9.17) is 10.8 Å². The Hall–Kier alpha value is -0.800. The standard InChI is InChI=1S/C12H18FNO.ClH/c1-8(2)3-5-11(14)9-4-6-12(15)10(13)7-9;/h4,6-8,11,15H,3,5,14H2,1-2H3;1H/t11-;/m1./s1. The van der Waals surface area contributed by atoms with E-state index in [0.29, 0.717) is 5.92 Å². The summed E-state index contributed by atoms with van der Waals surface area (Å²) in [6.07, 6.45) is 1.85. The molecule has 0 amide bonds. The lowest BCUT2D eigenvalue weighted by atomic mass is 9.98. The van der Waals surface area contributed by atoms with Gasteiger partial charge >= 0.3 is 0 Å². The molecule has 0 spiro atoms. The normalized spacial score (nSPS) is 12.3. The zero-order valence-electron chi connectivity index (χ0n) is 9.61. The average Bonchev–Trinajstić information content (AvgIpc) is 2.18. The second kappa shape index (κ2) is 6.71. The van der Waals surface area contributed by atoms with E-state index in [2.05, 4.69) is 13.8 Å². The van der Waals surface area contributed by atoms with Crippen molar-refractivity contribution in [1.82, 2.24) is 0 Å². The maximum absolute atomic E-state index is 13.0. The highest BCUT2D eigenvalue weighted by Crippen LogP contribution is 2.23. The first-order chi connectivity index (χ1) is 7.00. The lowest BCUT2D eigenvalue weighted by molar-refractivity contribution is 0.430. The first kappa shape index (κ1) is 15.2. The summed E-state index contributed by atoms with van der Waals surface area (Å²) >= 11 is 0. The molecular formula is C12H19ClFNO. The first-order valence-corrected chi connectivity index (χ1v) is 5.24. The van der Waals surface area contributed by atoms with E-state index in [0.717, 1.165) is 18.4 Å². The molecule has 3 N–H and O–H groups in total. The van der Waals surface area contributed by atoms with Crippen molar-refractivity contribution in [3.05, 3.63) is 29.6 Å². The summed E-state index contributed by atoms with van der Waals surface area (Å²) in [6.45, 7) is 4.26. The van der Waals surface area contributed by atoms with Crippen LogP contribution in [0, 0.1) is 11.7 Å². The van der Waals surface area contributed by atoms with Crippen LogP contribution in [0.3, 0.4) is 0 Å². The van der Waals surface area contributed by atoms with Crippen molar-refractivity contribution in [3.63, 3.8) is 0 Å². The Kier molecular flexibility index (Phi) is 6.38. The van der Waals surface area contributed by atoms with Gasteiger partial charge in [0.2, 0.25) is 0 Å². The number of aromatic hydroxyl groups is 1. The maximum atomic E-state index is 13.0. The predicted octanol–water partition coefficient (Wildman–Crippen LogP) is 3.39. The molecule has 4 heteroatoms. The molecule has 0 aliphatic heterocycles. The van der Waals surface area contributed by atoms with Gasteiger partial charge in [0.25, 0.3) is 0 Å². The van der Waals surface area contributed by atoms with Crippen molar-refractivity contribution < 1.29 is 9.50 Å². The van der Waals surface area contributed by atoms with Gasteiger partial charge in [0.05, 0.1) is 0 Å². The molecule has 2 nitrogen and oxygen atoms in total. The molecule has 1 atom stereocenters. The highest BCUT2D eigenvalue weighted by molar-refractivity contribution is 5.85. The molecule has 0 saturated carbocycles. The van der Waals surface area contributed by atoms with E-state index >= 15 is 0 Å². The number of benzene rings is 1. The number of hydrogen-bond donors (Lipinski definition) is 2. The van der Waals surface area contributed by atoms with Gasteiger partial charge in [-0.15, -0.1) is 12.4 Å². The molecule has 1 aromatic carbocycles. The second-order valence-corrected chi connectivity index (χ2v) is 4.29. The summed E-state index contributed by atoms with van der Waals surface area (Å²) in [4.78, 5) is 0. The summed E-state index contributed by atoms with van der Waals surface area (Å²) < 4.78 is 13.0. The van der Waals surface area contributed by atoms with Crippen LogP contribution in [0.2, 0.25) is 0 Å². The SMILES string of the molecule is CC(C)CC[C@@H](N)c1ccc(O)c(F)c1.Cl. The van der Waals surface area contributed by atoms with Crippen LogP contribution in [0.5, 0.6) is 5.75 Å². The van der Waals surface area contributed by atoms with Gasteiger partial charge in [-0.1, -0.05) is 19.9 Å². The highest BCUT2D eigenvalue weighted by Gasteiger charge is 2.09. The van der Waals surface area contributed by atoms with Crippen molar-refractivity contribution >= 4 is 12.4 Å². The third-order valence-corrected chi connectivity index (χ3v) is 2.45. The van der Waals surface area contributed by atoms with Gasteiger partial charge in [0, 0.05) is 6.04 Å². The zero-order chi connectivity index (χ0) is 11.4. The molecule has 1 aromatic rings. The number of hydrogen-bond acceptors (Lipinski definition) is 2. The van der Waals surface area contributed by atoms with Gasteiger partial charge < -0.3 is 10.8 Å². The number of rotatable bonds is 4. The minimum Gasteiger partial charge on any atom is -0.505 e. The molecule has 0 aliphatic rings. The van der Waals surface area contributed by atoms with Crippen molar-refractivity contribution in [2.24, 2.45) is 11.7 Å². The summed E-state index contributed by atoms with van der Waals surface area (Å²) in [5.74, 6) is -0.333. The highest BCUT2D eigenvalue weighted by atomic mass is 35.5. The Morgan fingerprint density at radius 1 is 1.31 bits per heavy atom. The van der Waals surface area contributed by atoms with Crippen LogP contribution in [0.25, 0.3) is 0 Å². The third kappa shape index (κ3) is 4.37. The second-order valence-electron chi connectivity index (χ2n) is 4.29. The first-order valence-electron chi connectivity index (χ1n) is 5.24. The lowest BCUT2D eigenvalue weighted by Gasteiger charge is -2.13. The lowest BCUT2D eigenvalue weighted by Crippen LogP contribution is -2.11. The molecule has 0 bridgehead atoms. The Labute approximate surface area is 102 Å². The third-order valence-electron chi connectivity index (χ3n) is 2.45. The number of phenols is 1. The van der Waals surface area contributed by atoms with E-state index in [1.807, 2.05) is 0 Å². The van der Waals surface area contributed by atoms with Crippen LogP contribution in [-0.2, 0) is 0 Å². The topological polar surface area (TPSA) is 46.2 Å². The fourth-order valence-corrected chi connectivity index (χ4v) is 1.43. The van der Waals surface area contributed by atoms with Crippen LogP contribution in [0.15, 0.2) is 18.2 Å². The number of halogens is 2. The van der Waals surface area contributed by atoms with Crippen molar-refractivity contribution in [1.29, 1.82) is 0 Å². The van der Waals surface area contributed by atoms with Crippen LogP contribution in [0.1, 0.15) is 38.3 Å². The van der Waals surface area contributed by atoms with Crippen molar-refractivity contribution in [2.75, 3.05) is 0 Å². The molecule has 0 heterocycles. The minimum absolute atomic E-state index is 0. The summed E-state index contributed by atoms with van der Waals surface area (Å²) in [5, 5.41) is 9.03. The van der Waals surface area contributed by atoms with E-state index in [-0.39, 0.29) is 24.2 Å². The summed E-state index contributed by atoms with van der Waals surface area (Å²) in [5.41, 5.74) is 6.66. The van der Waals surface area contributed by atoms with Gasteiger partial charge in [0.1, 0.15) is 0 Å². The summed E-state index contributed by atoms with van der Waals surface area (Å²) in [6, 6.07) is 4.17. The Morgan fingerprint density at radius 3 is 2.44 bits per heavy atom. The minimum atomic E-state index is -0.604. The van der Waals surface area contributed by atoms with E-state index < -0.39 is 5.82 Å². The quantitative estimate of drug-likeness (QED) is 0.857. The van der Waals surface area contributed by atoms with Crippen molar-refractivity contribution in [2.45, 2.75) is 32.7 Å². The van der Waals surface area contributed by atoms with Crippen LogP contribution >= 0.6 is 12.4 Å². The molecule has 92 valence electrons. The maximum Gasteiger partial charge on any atom is 0.165 e. The average molecular weight is 248 g/mol. The van der Waals surface area contributed by atoms with Crippen LogP contribution < -0.4 is 5.73 Å². The predicted molar refractivity (Wildman–Crippen MR) is 66.3 cm³/mol. The monoisotopic (exact) mass is 247 g/mol.